The first-order chi connectivity index (χ1) is 13.1. The first-order valence-electron chi connectivity index (χ1n) is 10.0. The molecular formula is C21H29FN4O. The number of piperazine rings is 1. The number of nitrogens with zero attached hydrogens (tertiary/aromatic N) is 4. The minimum atomic E-state index is -0.938. The summed E-state index contributed by atoms with van der Waals surface area (Å²) in [5, 5.41) is 10.9. The third-order valence-corrected chi connectivity index (χ3v) is 6.10. The van der Waals surface area contributed by atoms with Crippen LogP contribution in [0.2, 0.25) is 0 Å². The molecule has 0 spiro atoms. The molecule has 2 heterocycles. The van der Waals surface area contributed by atoms with E-state index in [0.717, 1.165) is 32.1 Å². The van der Waals surface area contributed by atoms with Crippen LogP contribution in [-0.4, -0.2) is 52.3 Å². The minimum Gasteiger partial charge on any atom is -0.380 e. The number of rotatable bonds is 5. The summed E-state index contributed by atoms with van der Waals surface area (Å²) in [6, 6.07) is 4.95. The second kappa shape index (κ2) is 7.98. The number of hydrogen-bond donors (Lipinski definition) is 1. The number of para-hydroxylation sites is 1. The average Bonchev–Trinajstić information content (AvgIpc) is 3.33. The van der Waals surface area contributed by atoms with Gasteiger partial charge in [-0.15, -0.1) is 0 Å². The normalized spacial score (nSPS) is 20.3. The predicted octanol–water partition coefficient (Wildman–Crippen LogP) is 2.95. The molecule has 1 atom stereocenters. The van der Waals surface area contributed by atoms with Gasteiger partial charge in [0.25, 0.3) is 0 Å². The Morgan fingerprint density at radius 2 is 1.93 bits per heavy atom. The molecule has 1 aliphatic carbocycles. The monoisotopic (exact) mass is 372 g/mol. The van der Waals surface area contributed by atoms with Gasteiger partial charge in [0.2, 0.25) is 0 Å². The van der Waals surface area contributed by atoms with E-state index in [2.05, 4.69) is 14.8 Å². The Kier molecular flexibility index (Phi) is 5.45. The molecule has 1 N–H and O–H groups in total. The molecule has 2 aromatic rings. The molecule has 0 unspecified atom stereocenters. The van der Waals surface area contributed by atoms with E-state index in [1.165, 1.54) is 38.3 Å². The fraction of sp³-hybridized carbons (Fsp3) is 0.571. The zero-order valence-corrected chi connectivity index (χ0v) is 16.0. The molecule has 1 aliphatic heterocycles. The fourth-order valence-electron chi connectivity index (χ4n) is 4.58. The number of aromatic nitrogens is 2. The lowest BCUT2D eigenvalue weighted by molar-refractivity contribution is 0.203. The van der Waals surface area contributed by atoms with Crippen molar-refractivity contribution < 1.29 is 9.50 Å². The molecule has 1 saturated heterocycles. The van der Waals surface area contributed by atoms with E-state index in [-0.39, 0.29) is 5.82 Å². The molecule has 27 heavy (non-hydrogen) atoms. The van der Waals surface area contributed by atoms with Crippen molar-refractivity contribution in [2.75, 3.05) is 37.6 Å². The third kappa shape index (κ3) is 3.87. The van der Waals surface area contributed by atoms with Crippen LogP contribution in [0.3, 0.4) is 0 Å². The summed E-state index contributed by atoms with van der Waals surface area (Å²) in [7, 11) is 1.84. The smallest absolute Gasteiger partial charge is 0.146 e. The van der Waals surface area contributed by atoms with Gasteiger partial charge in [0.05, 0.1) is 5.69 Å². The topological polar surface area (TPSA) is 44.5 Å². The summed E-state index contributed by atoms with van der Waals surface area (Å²) < 4.78 is 16.5. The molecule has 5 nitrogen and oxygen atoms in total. The molecule has 0 amide bonds. The van der Waals surface area contributed by atoms with Gasteiger partial charge in [-0.2, -0.15) is 0 Å². The Balaban J connectivity index is 1.50. The van der Waals surface area contributed by atoms with Crippen LogP contribution >= 0.6 is 0 Å². The van der Waals surface area contributed by atoms with E-state index >= 15 is 0 Å². The van der Waals surface area contributed by atoms with E-state index in [1.807, 2.05) is 13.1 Å². The van der Waals surface area contributed by atoms with Crippen molar-refractivity contribution >= 4 is 5.69 Å². The second-order valence-electron chi connectivity index (χ2n) is 7.91. The Bertz CT molecular complexity index is 763. The summed E-state index contributed by atoms with van der Waals surface area (Å²) in [6.45, 7) is 4.64. The summed E-state index contributed by atoms with van der Waals surface area (Å²) >= 11 is 0. The lowest BCUT2D eigenvalue weighted by Gasteiger charge is -2.38. The zero-order chi connectivity index (χ0) is 18.8. The van der Waals surface area contributed by atoms with Crippen LogP contribution in [-0.2, 0) is 7.05 Å². The van der Waals surface area contributed by atoms with Crippen molar-refractivity contribution in [2.45, 2.75) is 31.8 Å². The molecule has 1 aromatic heterocycles. The minimum absolute atomic E-state index is 0.273. The highest BCUT2D eigenvalue weighted by atomic mass is 19.1. The number of anilines is 1. The van der Waals surface area contributed by atoms with Crippen molar-refractivity contribution in [1.82, 2.24) is 14.5 Å². The SMILES string of the molecule is Cn1ccnc1[C@H](O)c1cccc(F)c1N1CCN(CC2CCCC2)CC1. The van der Waals surface area contributed by atoms with E-state index in [1.54, 1.807) is 23.0 Å². The van der Waals surface area contributed by atoms with Gasteiger partial charge in [-0.3, -0.25) is 4.90 Å². The summed E-state index contributed by atoms with van der Waals surface area (Å²) in [5.74, 6) is 1.09. The number of aliphatic hydroxyl groups excluding tert-OH is 1. The molecule has 2 fully saturated rings. The third-order valence-electron chi connectivity index (χ3n) is 6.10. The number of imidazole rings is 1. The highest BCUT2D eigenvalue weighted by Gasteiger charge is 2.27. The van der Waals surface area contributed by atoms with Gasteiger partial charge in [0, 0.05) is 57.7 Å². The zero-order valence-electron chi connectivity index (χ0n) is 16.0. The Labute approximate surface area is 160 Å². The molecule has 2 aliphatic rings. The Morgan fingerprint density at radius 1 is 1.19 bits per heavy atom. The summed E-state index contributed by atoms with van der Waals surface area (Å²) in [6.07, 6.45) is 7.95. The Hall–Kier alpha value is -1.92. The van der Waals surface area contributed by atoms with Gasteiger partial charge >= 0.3 is 0 Å². The number of aryl methyl sites for hydroxylation is 1. The lowest BCUT2D eigenvalue weighted by atomic mass is 10.0. The van der Waals surface area contributed by atoms with Crippen LogP contribution < -0.4 is 4.90 Å². The van der Waals surface area contributed by atoms with Crippen LogP contribution in [0.4, 0.5) is 10.1 Å². The largest absolute Gasteiger partial charge is 0.380 e. The molecule has 0 radical (unpaired) electrons. The highest BCUT2D eigenvalue weighted by Crippen LogP contribution is 2.33. The summed E-state index contributed by atoms with van der Waals surface area (Å²) in [4.78, 5) is 8.84. The maximum atomic E-state index is 14.8. The second-order valence-corrected chi connectivity index (χ2v) is 7.91. The molecule has 6 heteroatoms. The van der Waals surface area contributed by atoms with Crippen LogP contribution in [0.15, 0.2) is 30.6 Å². The number of aliphatic hydroxyl groups is 1. The standard InChI is InChI=1S/C21H29FN4O/c1-24-10-9-23-21(24)20(27)17-7-4-8-18(22)19(17)26-13-11-25(12-14-26)15-16-5-2-3-6-16/h4,7-10,16,20,27H,2-3,5-6,11-15H2,1H3/t20-/m1/s1. The molecule has 0 bridgehead atoms. The molecule has 4 rings (SSSR count). The Morgan fingerprint density at radius 3 is 2.59 bits per heavy atom. The van der Waals surface area contributed by atoms with Crippen molar-refractivity contribution in [3.8, 4) is 0 Å². The molecular weight excluding hydrogens is 343 g/mol. The van der Waals surface area contributed by atoms with Gasteiger partial charge in [0.15, 0.2) is 0 Å². The number of hydrogen-bond acceptors (Lipinski definition) is 4. The average molecular weight is 372 g/mol. The van der Waals surface area contributed by atoms with Crippen molar-refractivity contribution in [3.63, 3.8) is 0 Å². The van der Waals surface area contributed by atoms with E-state index < -0.39 is 6.10 Å². The maximum absolute atomic E-state index is 14.8. The quantitative estimate of drug-likeness (QED) is 0.877. The van der Waals surface area contributed by atoms with Crippen molar-refractivity contribution in [2.24, 2.45) is 13.0 Å². The van der Waals surface area contributed by atoms with Gasteiger partial charge in [-0.1, -0.05) is 25.0 Å². The van der Waals surface area contributed by atoms with Gasteiger partial charge in [-0.05, 0) is 24.8 Å². The molecule has 1 aromatic carbocycles. The van der Waals surface area contributed by atoms with Crippen LogP contribution in [0.5, 0.6) is 0 Å². The van der Waals surface area contributed by atoms with Crippen LogP contribution in [0.25, 0.3) is 0 Å². The van der Waals surface area contributed by atoms with Crippen LogP contribution in [0, 0.1) is 11.7 Å². The van der Waals surface area contributed by atoms with E-state index in [0.29, 0.717) is 17.1 Å². The van der Waals surface area contributed by atoms with Crippen molar-refractivity contribution in [1.29, 1.82) is 0 Å². The number of benzene rings is 1. The first kappa shape index (κ1) is 18.4. The van der Waals surface area contributed by atoms with E-state index in [4.69, 9.17) is 0 Å². The fourth-order valence-corrected chi connectivity index (χ4v) is 4.58. The molecule has 146 valence electrons. The van der Waals surface area contributed by atoms with Crippen molar-refractivity contribution in [3.05, 3.63) is 47.8 Å². The van der Waals surface area contributed by atoms with E-state index in [9.17, 15) is 9.50 Å². The van der Waals surface area contributed by atoms with Gasteiger partial charge < -0.3 is 14.6 Å². The first-order valence-corrected chi connectivity index (χ1v) is 10.0. The summed E-state index contributed by atoms with van der Waals surface area (Å²) in [5.41, 5.74) is 1.11. The number of halogens is 1. The van der Waals surface area contributed by atoms with Gasteiger partial charge in [0.1, 0.15) is 17.7 Å². The van der Waals surface area contributed by atoms with Crippen LogP contribution in [0.1, 0.15) is 43.2 Å². The van der Waals surface area contributed by atoms with Gasteiger partial charge in [-0.25, -0.2) is 9.37 Å². The molecule has 1 saturated carbocycles. The predicted molar refractivity (Wildman–Crippen MR) is 104 cm³/mol. The highest BCUT2D eigenvalue weighted by molar-refractivity contribution is 5.57. The lowest BCUT2D eigenvalue weighted by Crippen LogP contribution is -2.48. The maximum Gasteiger partial charge on any atom is 0.146 e.